The minimum absolute atomic E-state index is 0.0897. The Bertz CT molecular complexity index is 1130. The van der Waals surface area contributed by atoms with Crippen LogP contribution in [0.2, 0.25) is 0 Å². The second-order valence-electron chi connectivity index (χ2n) is 7.76. The van der Waals surface area contributed by atoms with E-state index in [0.29, 0.717) is 34.9 Å². The molecule has 0 saturated carbocycles. The molecule has 0 aromatic heterocycles. The van der Waals surface area contributed by atoms with E-state index in [0.717, 1.165) is 12.8 Å². The fourth-order valence-electron chi connectivity index (χ4n) is 4.16. The number of carbonyl (C=O) groups excluding carboxylic acids is 2. The Morgan fingerprint density at radius 3 is 2.19 bits per heavy atom. The van der Waals surface area contributed by atoms with Gasteiger partial charge in [0.2, 0.25) is 5.91 Å². The van der Waals surface area contributed by atoms with E-state index in [1.807, 2.05) is 18.2 Å². The van der Waals surface area contributed by atoms with Gasteiger partial charge in [-0.1, -0.05) is 42.5 Å². The summed E-state index contributed by atoms with van der Waals surface area (Å²) in [6.45, 7) is 0. The molecule has 3 aromatic carbocycles. The molecule has 164 valence electrons. The van der Waals surface area contributed by atoms with Crippen LogP contribution in [0.5, 0.6) is 11.5 Å². The number of methoxy groups -OCH3 is 2. The van der Waals surface area contributed by atoms with Crippen LogP contribution in [-0.4, -0.2) is 26.0 Å². The van der Waals surface area contributed by atoms with Crippen molar-refractivity contribution < 1.29 is 19.1 Å². The van der Waals surface area contributed by atoms with Crippen molar-refractivity contribution in [3.05, 3.63) is 83.4 Å². The summed E-state index contributed by atoms with van der Waals surface area (Å²) in [5, 5.41) is 5.80. The number of rotatable bonds is 7. The largest absolute Gasteiger partial charge is 0.494 e. The Labute approximate surface area is 187 Å². The van der Waals surface area contributed by atoms with Gasteiger partial charge in [0.1, 0.15) is 11.5 Å². The number of ether oxygens (including phenoxy) is 2. The zero-order chi connectivity index (χ0) is 22.5. The quantitative estimate of drug-likeness (QED) is 0.552. The Morgan fingerprint density at radius 2 is 1.50 bits per heavy atom. The van der Waals surface area contributed by atoms with Gasteiger partial charge < -0.3 is 20.1 Å². The van der Waals surface area contributed by atoms with Crippen LogP contribution in [-0.2, 0) is 11.2 Å². The van der Waals surface area contributed by atoms with Gasteiger partial charge in [0.25, 0.3) is 5.91 Å². The Balaban J connectivity index is 1.50. The van der Waals surface area contributed by atoms with Gasteiger partial charge in [-0.05, 0) is 42.0 Å². The van der Waals surface area contributed by atoms with E-state index in [9.17, 15) is 9.59 Å². The van der Waals surface area contributed by atoms with Crippen molar-refractivity contribution in [2.75, 3.05) is 24.9 Å². The number of carbonyl (C=O) groups is 2. The molecule has 4 rings (SSSR count). The topological polar surface area (TPSA) is 76.7 Å². The first kappa shape index (κ1) is 21.4. The van der Waals surface area contributed by atoms with Crippen molar-refractivity contribution in [3.63, 3.8) is 0 Å². The standard InChI is InChI=1S/C26H26N2O4/c1-31-23-16-22(28-26(30)18-9-4-3-5-10-18)24(32-2)15-21(23)27-25(29)14-19-13-12-17-8-6-7-11-20(17)19/h3-11,15-16,19H,12-14H2,1-2H3,(H,27,29)(H,28,30). The third kappa shape index (κ3) is 4.59. The van der Waals surface area contributed by atoms with Crippen LogP contribution in [0, 0.1) is 0 Å². The summed E-state index contributed by atoms with van der Waals surface area (Å²) in [6.07, 6.45) is 2.37. The molecule has 0 heterocycles. The molecule has 1 unspecified atom stereocenters. The minimum atomic E-state index is -0.261. The van der Waals surface area contributed by atoms with E-state index in [1.165, 1.54) is 25.3 Å². The van der Waals surface area contributed by atoms with Crippen molar-refractivity contribution in [3.8, 4) is 11.5 Å². The molecule has 0 radical (unpaired) electrons. The number of benzene rings is 3. The van der Waals surface area contributed by atoms with Crippen LogP contribution in [0.4, 0.5) is 11.4 Å². The summed E-state index contributed by atoms with van der Waals surface area (Å²) in [6, 6.07) is 20.5. The number of hydrogen-bond donors (Lipinski definition) is 2. The van der Waals surface area contributed by atoms with Gasteiger partial charge in [-0.3, -0.25) is 9.59 Å². The highest BCUT2D eigenvalue weighted by molar-refractivity contribution is 6.05. The van der Waals surface area contributed by atoms with E-state index in [2.05, 4.69) is 22.8 Å². The first-order chi connectivity index (χ1) is 15.6. The Kier molecular flexibility index (Phi) is 6.40. The summed E-state index contributed by atoms with van der Waals surface area (Å²) in [5.41, 5.74) is 4.07. The monoisotopic (exact) mass is 430 g/mol. The third-order valence-corrected chi connectivity index (χ3v) is 5.77. The first-order valence-corrected chi connectivity index (χ1v) is 10.6. The van der Waals surface area contributed by atoms with Gasteiger partial charge in [0, 0.05) is 24.1 Å². The molecule has 1 aliphatic carbocycles. The molecule has 32 heavy (non-hydrogen) atoms. The summed E-state index contributed by atoms with van der Waals surface area (Å²) in [4.78, 5) is 25.4. The Morgan fingerprint density at radius 1 is 0.875 bits per heavy atom. The Hall–Kier alpha value is -3.80. The highest BCUT2D eigenvalue weighted by Gasteiger charge is 2.25. The van der Waals surface area contributed by atoms with Crippen LogP contribution in [0.25, 0.3) is 0 Å². The maximum absolute atomic E-state index is 12.8. The van der Waals surface area contributed by atoms with Crippen LogP contribution in [0.15, 0.2) is 66.7 Å². The van der Waals surface area contributed by atoms with Gasteiger partial charge >= 0.3 is 0 Å². The summed E-state index contributed by atoms with van der Waals surface area (Å²) >= 11 is 0. The number of aryl methyl sites for hydroxylation is 1. The summed E-state index contributed by atoms with van der Waals surface area (Å²) in [7, 11) is 3.04. The predicted molar refractivity (Wildman–Crippen MR) is 125 cm³/mol. The lowest BCUT2D eigenvalue weighted by Gasteiger charge is -2.17. The maximum atomic E-state index is 12.8. The molecule has 1 aliphatic rings. The highest BCUT2D eigenvalue weighted by Crippen LogP contribution is 2.38. The molecule has 0 aliphatic heterocycles. The third-order valence-electron chi connectivity index (χ3n) is 5.77. The molecule has 1 atom stereocenters. The van der Waals surface area contributed by atoms with E-state index >= 15 is 0 Å². The molecule has 0 saturated heterocycles. The second-order valence-corrected chi connectivity index (χ2v) is 7.76. The number of hydrogen-bond acceptors (Lipinski definition) is 4. The normalized spacial score (nSPS) is 14.4. The average molecular weight is 431 g/mol. The predicted octanol–water partition coefficient (Wildman–Crippen LogP) is 5.01. The van der Waals surface area contributed by atoms with Crippen molar-refractivity contribution >= 4 is 23.2 Å². The number of anilines is 2. The lowest BCUT2D eigenvalue weighted by atomic mass is 9.97. The zero-order valence-corrected chi connectivity index (χ0v) is 18.2. The van der Waals surface area contributed by atoms with Crippen LogP contribution in [0.1, 0.15) is 40.2 Å². The molecule has 0 fully saturated rings. The van der Waals surface area contributed by atoms with Gasteiger partial charge in [0.15, 0.2) is 0 Å². The molecule has 6 heteroatoms. The van der Waals surface area contributed by atoms with Crippen LogP contribution < -0.4 is 20.1 Å². The highest BCUT2D eigenvalue weighted by atomic mass is 16.5. The van der Waals surface area contributed by atoms with Crippen molar-refractivity contribution in [2.24, 2.45) is 0 Å². The minimum Gasteiger partial charge on any atom is -0.494 e. The molecule has 3 aromatic rings. The number of nitrogens with one attached hydrogen (secondary N) is 2. The van der Waals surface area contributed by atoms with Gasteiger partial charge in [-0.15, -0.1) is 0 Å². The summed E-state index contributed by atoms with van der Waals surface area (Å²) < 4.78 is 10.9. The fraction of sp³-hybridized carbons (Fsp3) is 0.231. The zero-order valence-electron chi connectivity index (χ0n) is 18.2. The average Bonchev–Trinajstić information content (AvgIpc) is 3.22. The molecule has 6 nitrogen and oxygen atoms in total. The van der Waals surface area contributed by atoms with Crippen LogP contribution in [0.3, 0.4) is 0 Å². The molecule has 0 spiro atoms. The van der Waals surface area contributed by atoms with Gasteiger partial charge in [-0.2, -0.15) is 0 Å². The number of amides is 2. The first-order valence-electron chi connectivity index (χ1n) is 10.6. The molecule has 0 bridgehead atoms. The van der Waals surface area contributed by atoms with E-state index in [-0.39, 0.29) is 17.7 Å². The van der Waals surface area contributed by atoms with Gasteiger partial charge in [0.05, 0.1) is 25.6 Å². The fourth-order valence-corrected chi connectivity index (χ4v) is 4.16. The smallest absolute Gasteiger partial charge is 0.255 e. The molecule has 2 amide bonds. The van der Waals surface area contributed by atoms with Crippen LogP contribution >= 0.6 is 0 Å². The molecular weight excluding hydrogens is 404 g/mol. The van der Waals surface area contributed by atoms with Crippen molar-refractivity contribution in [1.29, 1.82) is 0 Å². The maximum Gasteiger partial charge on any atom is 0.255 e. The summed E-state index contributed by atoms with van der Waals surface area (Å²) in [5.74, 6) is 0.727. The SMILES string of the molecule is COc1cc(NC(=O)c2ccccc2)c(OC)cc1NC(=O)CC1CCc2ccccc21. The lowest BCUT2D eigenvalue weighted by Crippen LogP contribution is -2.16. The second kappa shape index (κ2) is 9.56. The lowest BCUT2D eigenvalue weighted by molar-refractivity contribution is -0.116. The van der Waals surface area contributed by atoms with E-state index < -0.39 is 0 Å². The van der Waals surface area contributed by atoms with Crippen molar-refractivity contribution in [2.45, 2.75) is 25.2 Å². The van der Waals surface area contributed by atoms with E-state index in [1.54, 1.807) is 36.4 Å². The van der Waals surface area contributed by atoms with Crippen molar-refractivity contribution in [1.82, 2.24) is 0 Å². The number of fused-ring (bicyclic) bond motifs is 1. The molecule has 2 N–H and O–H groups in total. The van der Waals surface area contributed by atoms with Gasteiger partial charge in [-0.25, -0.2) is 0 Å². The van der Waals surface area contributed by atoms with E-state index in [4.69, 9.17) is 9.47 Å². The molecular formula is C26H26N2O4.